The molecule has 0 heterocycles. The molecule has 0 aliphatic heterocycles. The summed E-state index contributed by atoms with van der Waals surface area (Å²) < 4.78 is 0. The molecule has 25 heavy (non-hydrogen) atoms. The van der Waals surface area contributed by atoms with E-state index in [2.05, 4.69) is 0 Å². The van der Waals surface area contributed by atoms with Gasteiger partial charge in [0.05, 0.1) is 0 Å². The molecule has 5 nitrogen and oxygen atoms in total. The predicted octanol–water partition coefficient (Wildman–Crippen LogP) is 3.77. The summed E-state index contributed by atoms with van der Waals surface area (Å²) >= 11 is 0. The normalized spacial score (nSPS) is 14.0. The number of hydrogen-bond donors (Lipinski definition) is 3. The summed E-state index contributed by atoms with van der Waals surface area (Å²) in [6, 6.07) is 9.34. The summed E-state index contributed by atoms with van der Waals surface area (Å²) in [6.07, 6.45) is 0. The summed E-state index contributed by atoms with van der Waals surface area (Å²) in [7, 11) is -4.35. The molecule has 6 heteroatoms. The summed E-state index contributed by atoms with van der Waals surface area (Å²) in [4.78, 5) is 36.6. The van der Waals surface area contributed by atoms with Crippen LogP contribution in [0, 0.1) is 0 Å². The summed E-state index contributed by atoms with van der Waals surface area (Å²) in [6.45, 7) is 16.2. The second kappa shape index (κ2) is 8.43. The minimum Gasteiger partial charge on any atom is -0.237 e. The number of benzene rings is 1. The topological polar surface area (TPSA) is 67.2 Å². The van der Waals surface area contributed by atoms with Crippen molar-refractivity contribution in [3.63, 3.8) is 0 Å². The van der Waals surface area contributed by atoms with E-state index < -0.39 is 13.3 Å². The molecule has 1 aromatic rings. The van der Waals surface area contributed by atoms with Crippen LogP contribution < -0.4 is 0 Å². The van der Waals surface area contributed by atoms with Gasteiger partial charge in [0, 0.05) is 29.7 Å². The highest BCUT2D eigenvalue weighted by Crippen LogP contribution is 2.68. The lowest BCUT2D eigenvalue weighted by Crippen LogP contribution is -2.66. The molecule has 0 aromatic heterocycles. The van der Waals surface area contributed by atoms with E-state index in [1.54, 1.807) is 0 Å². The number of rotatable bonds is 8. The van der Waals surface area contributed by atoms with Crippen LogP contribution in [0.3, 0.4) is 0 Å². The third-order valence-corrected chi connectivity index (χ3v) is 6.08. The second-order valence-corrected chi connectivity index (χ2v) is 9.52. The lowest BCUT2D eigenvalue weighted by molar-refractivity contribution is -0.0915. The Hall–Kier alpha value is -0.550. The Morgan fingerprint density at radius 3 is 1.24 bits per heavy atom. The van der Waals surface area contributed by atoms with Crippen LogP contribution in [-0.2, 0) is 5.40 Å². The van der Waals surface area contributed by atoms with Gasteiger partial charge in [-0.05, 0) is 55.4 Å². The van der Waals surface area contributed by atoms with Crippen LogP contribution in [0.25, 0.3) is 0 Å². The first-order valence-corrected chi connectivity index (χ1v) is 10.7. The van der Waals surface area contributed by atoms with Crippen LogP contribution in [0.1, 0.15) is 61.0 Å². The molecule has 1 rings (SSSR count). The Balaban J connectivity index is 3.96. The molecule has 0 atom stereocenters. The first-order valence-electron chi connectivity index (χ1n) is 9.08. The maximum atomic E-state index is 10.9. The second-order valence-electron chi connectivity index (χ2n) is 7.76. The largest absolute Gasteiger partial charge is 0.447 e. The highest BCUT2D eigenvalue weighted by Gasteiger charge is 2.69. The van der Waals surface area contributed by atoms with Crippen molar-refractivity contribution >= 4 is 7.94 Å². The predicted molar refractivity (Wildman–Crippen MR) is 106 cm³/mol. The average molecular weight is 371 g/mol. The lowest BCUT2D eigenvalue weighted by Gasteiger charge is -2.54. The maximum absolute atomic E-state index is 10.9. The molecule has 3 N–H and O–H groups in total. The van der Waals surface area contributed by atoms with E-state index in [0.29, 0.717) is 5.56 Å². The van der Waals surface area contributed by atoms with Gasteiger partial charge in [0.25, 0.3) is 5.40 Å². The zero-order valence-electron chi connectivity index (χ0n) is 16.9. The minimum absolute atomic E-state index is 0.00830. The van der Waals surface area contributed by atoms with Crippen LogP contribution in [-0.4, -0.2) is 48.6 Å². The van der Waals surface area contributed by atoms with Crippen molar-refractivity contribution in [1.82, 2.24) is 9.80 Å². The van der Waals surface area contributed by atoms with Gasteiger partial charge in [-0.1, -0.05) is 30.3 Å². The SMILES string of the molecule is CC(C)N(C(C)C)C(c1ccccc1)(N(C(C)C)C(C)C)[P+](O)(O)O. The van der Waals surface area contributed by atoms with E-state index in [-0.39, 0.29) is 24.2 Å². The monoisotopic (exact) mass is 371 g/mol. The molecule has 0 amide bonds. The van der Waals surface area contributed by atoms with Crippen LogP contribution >= 0.6 is 7.94 Å². The zero-order chi connectivity index (χ0) is 19.6. The molecule has 0 aliphatic rings. The Morgan fingerprint density at radius 1 is 0.680 bits per heavy atom. The van der Waals surface area contributed by atoms with E-state index in [1.807, 2.05) is 95.5 Å². The van der Waals surface area contributed by atoms with Gasteiger partial charge >= 0.3 is 7.94 Å². The summed E-state index contributed by atoms with van der Waals surface area (Å²) in [5.74, 6) is 0. The number of nitrogens with zero attached hydrogens (tertiary/aromatic N) is 2. The van der Waals surface area contributed by atoms with Gasteiger partial charge in [-0.25, -0.2) is 9.80 Å². The molecular weight excluding hydrogens is 335 g/mol. The molecule has 0 aliphatic carbocycles. The van der Waals surface area contributed by atoms with Crippen LogP contribution in [0.4, 0.5) is 0 Å². The molecule has 1 aromatic carbocycles. The van der Waals surface area contributed by atoms with Crippen molar-refractivity contribution in [3.8, 4) is 0 Å². The number of hydrogen-bond acceptors (Lipinski definition) is 5. The average Bonchev–Trinajstić information content (AvgIpc) is 2.44. The third-order valence-electron chi connectivity index (χ3n) is 4.52. The van der Waals surface area contributed by atoms with Crippen LogP contribution in [0.15, 0.2) is 30.3 Å². The molecule has 0 saturated heterocycles. The Labute approximate surface area is 153 Å². The van der Waals surface area contributed by atoms with E-state index in [4.69, 9.17) is 0 Å². The maximum Gasteiger partial charge on any atom is 0.447 e. The highest BCUT2D eigenvalue weighted by molar-refractivity contribution is 7.59. The molecule has 0 unspecified atom stereocenters. The Bertz CT molecular complexity index is 491. The van der Waals surface area contributed by atoms with Gasteiger partial charge in [-0.2, -0.15) is 14.7 Å². The van der Waals surface area contributed by atoms with Gasteiger partial charge in [-0.15, -0.1) is 0 Å². The van der Waals surface area contributed by atoms with Crippen LogP contribution in [0.5, 0.6) is 0 Å². The zero-order valence-corrected chi connectivity index (χ0v) is 17.8. The third kappa shape index (κ3) is 4.24. The summed E-state index contributed by atoms with van der Waals surface area (Å²) in [5, 5.41) is -1.40. The molecule has 0 saturated carbocycles. The first-order chi connectivity index (χ1) is 11.4. The van der Waals surface area contributed by atoms with Crippen molar-refractivity contribution in [2.75, 3.05) is 0 Å². The van der Waals surface area contributed by atoms with Gasteiger partial charge < -0.3 is 0 Å². The smallest absolute Gasteiger partial charge is 0.237 e. The molecule has 144 valence electrons. The molecular formula is C19H36N2O3P+. The van der Waals surface area contributed by atoms with Crippen molar-refractivity contribution < 1.29 is 14.7 Å². The lowest BCUT2D eigenvalue weighted by atomic mass is 10.0. The van der Waals surface area contributed by atoms with E-state index >= 15 is 0 Å². The van der Waals surface area contributed by atoms with Gasteiger partial charge in [0.15, 0.2) is 0 Å². The van der Waals surface area contributed by atoms with Crippen molar-refractivity contribution in [1.29, 1.82) is 0 Å². The van der Waals surface area contributed by atoms with E-state index in [1.165, 1.54) is 0 Å². The molecule has 0 spiro atoms. The molecule has 0 bridgehead atoms. The van der Waals surface area contributed by atoms with Gasteiger partial charge in [0.2, 0.25) is 0 Å². The van der Waals surface area contributed by atoms with Gasteiger partial charge in [0.1, 0.15) is 0 Å². The Morgan fingerprint density at radius 2 is 1.00 bits per heavy atom. The fourth-order valence-electron chi connectivity index (χ4n) is 4.21. The van der Waals surface area contributed by atoms with Gasteiger partial charge in [-0.3, -0.25) is 0 Å². The Kier molecular flexibility index (Phi) is 7.58. The molecule has 0 radical (unpaired) electrons. The van der Waals surface area contributed by atoms with Crippen LogP contribution in [0.2, 0.25) is 0 Å². The molecule has 0 fully saturated rings. The van der Waals surface area contributed by atoms with Crippen molar-refractivity contribution in [2.24, 2.45) is 0 Å². The highest BCUT2D eigenvalue weighted by atomic mass is 31.2. The van der Waals surface area contributed by atoms with E-state index in [9.17, 15) is 14.7 Å². The summed E-state index contributed by atoms with van der Waals surface area (Å²) in [5.41, 5.74) is 0.695. The minimum atomic E-state index is -4.35. The van der Waals surface area contributed by atoms with Crippen molar-refractivity contribution in [2.45, 2.75) is 85.0 Å². The standard InChI is InChI=1S/C19H36N2O3P/c1-14(2)20(15(3)4)19(25(22,23)24,18-12-10-9-11-13-18)21(16(5)6)17(7)8/h9-17,22-24H,1-8H3/q+1. The quantitative estimate of drug-likeness (QED) is 0.479. The fourth-order valence-corrected chi connectivity index (χ4v) is 6.25. The first kappa shape index (κ1) is 22.5. The van der Waals surface area contributed by atoms with Crippen molar-refractivity contribution in [3.05, 3.63) is 35.9 Å². The van der Waals surface area contributed by atoms with E-state index in [0.717, 1.165) is 0 Å². The fraction of sp³-hybridized carbons (Fsp3) is 0.684.